The lowest BCUT2D eigenvalue weighted by molar-refractivity contribution is 0.0651. The number of hydrogen-bond acceptors (Lipinski definition) is 5. The molecule has 0 unspecified atom stereocenters. The summed E-state index contributed by atoms with van der Waals surface area (Å²) in [7, 11) is 1.61. The van der Waals surface area contributed by atoms with E-state index in [1.165, 1.54) is 0 Å². The van der Waals surface area contributed by atoms with Crippen molar-refractivity contribution in [2.45, 2.75) is 12.8 Å². The zero-order valence-corrected chi connectivity index (χ0v) is 19.7. The summed E-state index contributed by atoms with van der Waals surface area (Å²) in [6, 6.07) is 21.0. The Hall–Kier alpha value is -3.71. The van der Waals surface area contributed by atoms with Crippen LogP contribution in [0, 0.1) is 5.92 Å². The molecule has 1 aliphatic rings. The van der Waals surface area contributed by atoms with Crippen molar-refractivity contribution in [3.8, 4) is 22.0 Å². The van der Waals surface area contributed by atoms with Gasteiger partial charge in [-0.2, -0.15) is 5.10 Å². The second-order valence-corrected chi connectivity index (χ2v) is 9.26. The SMILES string of the molecule is COc1ccc(C(=O)C2CCN(C(=O)c3cn(-c4ccccc4)nc3-c3cccs3)CC2)cc1. The van der Waals surface area contributed by atoms with Crippen molar-refractivity contribution in [1.82, 2.24) is 14.7 Å². The minimum absolute atomic E-state index is 0.0408. The number of methoxy groups -OCH3 is 1. The third-order valence-electron chi connectivity index (χ3n) is 6.25. The van der Waals surface area contributed by atoms with Gasteiger partial charge in [-0.05, 0) is 60.7 Å². The normalized spacial score (nSPS) is 14.2. The van der Waals surface area contributed by atoms with Crippen molar-refractivity contribution in [3.63, 3.8) is 0 Å². The number of para-hydroxylation sites is 1. The van der Waals surface area contributed by atoms with Gasteiger partial charge in [0.25, 0.3) is 5.91 Å². The van der Waals surface area contributed by atoms with E-state index in [9.17, 15) is 9.59 Å². The second-order valence-electron chi connectivity index (χ2n) is 8.31. The summed E-state index contributed by atoms with van der Waals surface area (Å²) in [6.45, 7) is 1.09. The van der Waals surface area contributed by atoms with Crippen LogP contribution in [0.5, 0.6) is 5.75 Å². The summed E-state index contributed by atoms with van der Waals surface area (Å²) in [5, 5.41) is 6.74. The first-order valence-electron chi connectivity index (χ1n) is 11.3. The molecule has 7 heteroatoms. The molecule has 1 saturated heterocycles. The van der Waals surface area contributed by atoms with Crippen molar-refractivity contribution in [2.75, 3.05) is 20.2 Å². The fourth-order valence-electron chi connectivity index (χ4n) is 4.34. The van der Waals surface area contributed by atoms with Crippen LogP contribution in [0.4, 0.5) is 0 Å². The van der Waals surface area contributed by atoms with E-state index in [0.29, 0.717) is 42.8 Å². The molecule has 1 fully saturated rings. The Morgan fingerprint density at radius 1 is 0.971 bits per heavy atom. The van der Waals surface area contributed by atoms with E-state index in [2.05, 4.69) is 0 Å². The smallest absolute Gasteiger partial charge is 0.257 e. The van der Waals surface area contributed by atoms with Gasteiger partial charge in [-0.1, -0.05) is 24.3 Å². The molecular weight excluding hydrogens is 446 g/mol. The number of aromatic nitrogens is 2. The highest BCUT2D eigenvalue weighted by atomic mass is 32.1. The summed E-state index contributed by atoms with van der Waals surface area (Å²) < 4.78 is 6.95. The van der Waals surface area contributed by atoms with E-state index in [1.807, 2.05) is 83.2 Å². The molecule has 2 aromatic heterocycles. The van der Waals surface area contributed by atoms with Crippen LogP contribution < -0.4 is 4.74 Å². The minimum atomic E-state index is -0.0822. The maximum atomic E-state index is 13.6. The first-order valence-corrected chi connectivity index (χ1v) is 12.2. The number of Topliss-reactive ketones (excluding diaryl/α,β-unsaturated/α-hetero) is 1. The lowest BCUT2D eigenvalue weighted by Gasteiger charge is -2.31. The monoisotopic (exact) mass is 471 g/mol. The van der Waals surface area contributed by atoms with Gasteiger partial charge in [0.1, 0.15) is 11.4 Å². The van der Waals surface area contributed by atoms with Crippen LogP contribution in [0.3, 0.4) is 0 Å². The Labute approximate surface area is 202 Å². The van der Waals surface area contributed by atoms with Gasteiger partial charge in [0, 0.05) is 30.8 Å². The number of nitrogens with zero attached hydrogens (tertiary/aromatic N) is 3. The molecule has 34 heavy (non-hydrogen) atoms. The van der Waals surface area contributed by atoms with E-state index >= 15 is 0 Å². The average Bonchev–Trinajstić information content (AvgIpc) is 3.59. The number of carbonyl (C=O) groups is 2. The molecule has 0 spiro atoms. The Kier molecular flexibility index (Phi) is 6.27. The first kappa shape index (κ1) is 22.1. The van der Waals surface area contributed by atoms with Gasteiger partial charge in [0.05, 0.1) is 23.2 Å². The molecule has 5 rings (SSSR count). The zero-order chi connectivity index (χ0) is 23.5. The van der Waals surface area contributed by atoms with E-state index in [1.54, 1.807) is 23.1 Å². The molecule has 0 bridgehead atoms. The zero-order valence-electron chi connectivity index (χ0n) is 18.9. The maximum absolute atomic E-state index is 13.6. The lowest BCUT2D eigenvalue weighted by Crippen LogP contribution is -2.40. The Morgan fingerprint density at radius 3 is 2.35 bits per heavy atom. The molecule has 0 atom stereocenters. The number of thiophene rings is 1. The van der Waals surface area contributed by atoms with Crippen LogP contribution in [0.25, 0.3) is 16.3 Å². The standard InChI is InChI=1S/C27H25N3O3S/c1-33-22-11-9-19(10-12-22)26(31)20-13-15-29(16-14-20)27(32)23-18-30(21-6-3-2-4-7-21)28-25(23)24-8-5-17-34-24/h2-12,17-18,20H,13-16H2,1H3. The molecule has 0 saturated carbocycles. The molecular formula is C27H25N3O3S. The van der Waals surface area contributed by atoms with Crippen molar-refractivity contribution in [2.24, 2.45) is 5.92 Å². The van der Waals surface area contributed by atoms with Crippen LogP contribution in [0.15, 0.2) is 78.3 Å². The predicted octanol–water partition coefficient (Wildman–Crippen LogP) is 5.34. The highest BCUT2D eigenvalue weighted by Gasteiger charge is 2.30. The van der Waals surface area contributed by atoms with Crippen LogP contribution in [-0.2, 0) is 0 Å². The van der Waals surface area contributed by atoms with Crippen LogP contribution in [0.1, 0.15) is 33.6 Å². The van der Waals surface area contributed by atoms with Gasteiger partial charge in [0.2, 0.25) is 0 Å². The van der Waals surface area contributed by atoms with E-state index in [-0.39, 0.29) is 17.6 Å². The highest BCUT2D eigenvalue weighted by Crippen LogP contribution is 2.30. The van der Waals surface area contributed by atoms with Gasteiger partial charge >= 0.3 is 0 Å². The predicted molar refractivity (Wildman–Crippen MR) is 133 cm³/mol. The van der Waals surface area contributed by atoms with Gasteiger partial charge < -0.3 is 9.64 Å². The molecule has 0 radical (unpaired) electrons. The molecule has 172 valence electrons. The summed E-state index contributed by atoms with van der Waals surface area (Å²) in [5.41, 5.74) is 2.88. The number of rotatable bonds is 6. The van der Waals surface area contributed by atoms with Crippen molar-refractivity contribution in [1.29, 1.82) is 0 Å². The third kappa shape index (κ3) is 4.39. The number of carbonyl (C=O) groups excluding carboxylic acids is 2. The van der Waals surface area contributed by atoms with Crippen LogP contribution in [0.2, 0.25) is 0 Å². The van der Waals surface area contributed by atoms with E-state index in [0.717, 1.165) is 16.3 Å². The lowest BCUT2D eigenvalue weighted by atomic mass is 9.88. The fourth-order valence-corrected chi connectivity index (χ4v) is 5.07. The van der Waals surface area contributed by atoms with Crippen molar-refractivity contribution >= 4 is 23.0 Å². The van der Waals surface area contributed by atoms with Gasteiger partial charge in [-0.15, -0.1) is 11.3 Å². The van der Waals surface area contributed by atoms with Gasteiger partial charge in [-0.25, -0.2) is 4.68 Å². The molecule has 4 aromatic rings. The minimum Gasteiger partial charge on any atom is -0.497 e. The van der Waals surface area contributed by atoms with E-state index < -0.39 is 0 Å². The number of amides is 1. The Bertz CT molecular complexity index is 1270. The molecule has 6 nitrogen and oxygen atoms in total. The quantitative estimate of drug-likeness (QED) is 0.356. The van der Waals surface area contributed by atoms with Gasteiger partial charge in [0.15, 0.2) is 5.78 Å². The molecule has 3 heterocycles. The average molecular weight is 472 g/mol. The number of likely N-dealkylation sites (tertiary alicyclic amines) is 1. The number of benzene rings is 2. The number of ether oxygens (including phenoxy) is 1. The summed E-state index contributed by atoms with van der Waals surface area (Å²) in [4.78, 5) is 29.3. The summed E-state index contributed by atoms with van der Waals surface area (Å²) >= 11 is 1.57. The summed E-state index contributed by atoms with van der Waals surface area (Å²) in [6.07, 6.45) is 3.12. The first-order chi connectivity index (χ1) is 16.6. The molecule has 0 aliphatic carbocycles. The summed E-state index contributed by atoms with van der Waals surface area (Å²) in [5.74, 6) is 0.739. The Morgan fingerprint density at radius 2 is 1.71 bits per heavy atom. The molecule has 0 N–H and O–H groups in total. The van der Waals surface area contributed by atoms with Crippen molar-refractivity contribution < 1.29 is 14.3 Å². The molecule has 2 aromatic carbocycles. The third-order valence-corrected chi connectivity index (χ3v) is 7.12. The number of piperidine rings is 1. The topological polar surface area (TPSA) is 64.4 Å². The Balaban J connectivity index is 1.33. The maximum Gasteiger partial charge on any atom is 0.257 e. The van der Waals surface area contributed by atoms with Crippen LogP contribution >= 0.6 is 11.3 Å². The van der Waals surface area contributed by atoms with Gasteiger partial charge in [-0.3, -0.25) is 9.59 Å². The second kappa shape index (κ2) is 9.65. The highest BCUT2D eigenvalue weighted by molar-refractivity contribution is 7.13. The largest absolute Gasteiger partial charge is 0.497 e. The molecule has 1 amide bonds. The van der Waals surface area contributed by atoms with Crippen molar-refractivity contribution in [3.05, 3.63) is 89.4 Å². The van der Waals surface area contributed by atoms with E-state index in [4.69, 9.17) is 9.84 Å². The number of ketones is 1. The number of hydrogen-bond donors (Lipinski definition) is 0. The van der Waals surface area contributed by atoms with Crippen LogP contribution in [-0.4, -0.2) is 46.6 Å². The molecule has 1 aliphatic heterocycles. The fraction of sp³-hybridized carbons (Fsp3) is 0.222.